The number of nitrogens with zero attached hydrogens (tertiary/aromatic N) is 1. The first-order valence-corrected chi connectivity index (χ1v) is 6.31. The Labute approximate surface area is 105 Å². The van der Waals surface area contributed by atoms with E-state index in [0.717, 1.165) is 19.6 Å². The molecule has 4 nitrogen and oxygen atoms in total. The van der Waals surface area contributed by atoms with Crippen molar-refractivity contribution in [3.05, 3.63) is 12.7 Å². The predicted octanol–water partition coefficient (Wildman–Crippen LogP) is 1.73. The molecule has 4 heteroatoms. The second-order valence-corrected chi connectivity index (χ2v) is 4.42. The third-order valence-corrected chi connectivity index (χ3v) is 3.16. The summed E-state index contributed by atoms with van der Waals surface area (Å²) >= 11 is 0. The average Bonchev–Trinajstić information content (AvgIpc) is 2.32. The van der Waals surface area contributed by atoms with Crippen LogP contribution >= 0.6 is 0 Å². The van der Waals surface area contributed by atoms with Crippen LogP contribution in [0.3, 0.4) is 0 Å². The number of hydrogen-bond acceptors (Lipinski definition) is 3. The van der Waals surface area contributed by atoms with Crippen molar-refractivity contribution in [2.24, 2.45) is 0 Å². The van der Waals surface area contributed by atoms with Gasteiger partial charge in [-0.1, -0.05) is 19.9 Å². The second kappa shape index (κ2) is 8.25. The van der Waals surface area contributed by atoms with E-state index in [1.54, 1.807) is 13.0 Å². The molecule has 0 amide bonds. The zero-order valence-electron chi connectivity index (χ0n) is 11.3. The van der Waals surface area contributed by atoms with Gasteiger partial charge in [-0.05, 0) is 32.9 Å². The number of carboxylic acid groups (broad SMARTS) is 1. The van der Waals surface area contributed by atoms with Crippen LogP contribution in [0.25, 0.3) is 0 Å². The molecule has 0 aromatic rings. The molecule has 1 unspecified atom stereocenters. The largest absolute Gasteiger partial charge is 0.480 e. The molecule has 0 aliphatic heterocycles. The molecule has 0 aliphatic rings. The molecule has 0 bridgehead atoms. The number of likely N-dealkylation sites (N-methyl/N-ethyl adjacent to an activating group) is 1. The fourth-order valence-corrected chi connectivity index (χ4v) is 1.69. The van der Waals surface area contributed by atoms with Gasteiger partial charge in [-0.3, -0.25) is 4.79 Å². The minimum absolute atomic E-state index is 0.573. The van der Waals surface area contributed by atoms with Crippen LogP contribution in [0, 0.1) is 0 Å². The maximum Gasteiger partial charge on any atom is 0.323 e. The van der Waals surface area contributed by atoms with Crippen LogP contribution in [0.1, 0.15) is 33.6 Å². The molecule has 0 heterocycles. The average molecular weight is 242 g/mol. The van der Waals surface area contributed by atoms with Crippen LogP contribution in [-0.2, 0) is 4.79 Å². The number of rotatable bonds is 10. The van der Waals surface area contributed by atoms with E-state index >= 15 is 0 Å². The van der Waals surface area contributed by atoms with E-state index in [2.05, 4.69) is 30.6 Å². The van der Waals surface area contributed by atoms with Crippen LogP contribution in [0.5, 0.6) is 0 Å². The van der Waals surface area contributed by atoms with Gasteiger partial charge in [0.1, 0.15) is 5.54 Å². The van der Waals surface area contributed by atoms with Crippen molar-refractivity contribution in [3.63, 3.8) is 0 Å². The Morgan fingerprint density at radius 2 is 2.06 bits per heavy atom. The lowest BCUT2D eigenvalue weighted by molar-refractivity contribution is -0.144. The van der Waals surface area contributed by atoms with Crippen molar-refractivity contribution in [2.75, 3.05) is 26.2 Å². The second-order valence-electron chi connectivity index (χ2n) is 4.42. The SMILES string of the molecule is C=CCCC(C)(NCCN(CC)CC)C(=O)O. The van der Waals surface area contributed by atoms with Crippen LogP contribution in [0.15, 0.2) is 12.7 Å². The van der Waals surface area contributed by atoms with Crippen LogP contribution < -0.4 is 5.32 Å². The first-order valence-electron chi connectivity index (χ1n) is 6.31. The summed E-state index contributed by atoms with van der Waals surface area (Å²) in [6.07, 6.45) is 3.04. The fraction of sp³-hybridized carbons (Fsp3) is 0.769. The molecule has 0 aromatic carbocycles. The van der Waals surface area contributed by atoms with E-state index in [0.29, 0.717) is 19.4 Å². The molecule has 0 radical (unpaired) electrons. The summed E-state index contributed by atoms with van der Waals surface area (Å²) in [5.41, 5.74) is -0.846. The summed E-state index contributed by atoms with van der Waals surface area (Å²) in [5, 5.41) is 12.4. The van der Waals surface area contributed by atoms with Crippen LogP contribution in [0.4, 0.5) is 0 Å². The van der Waals surface area contributed by atoms with Gasteiger partial charge in [-0.2, -0.15) is 0 Å². The Balaban J connectivity index is 4.17. The van der Waals surface area contributed by atoms with Gasteiger partial charge in [0.15, 0.2) is 0 Å². The summed E-state index contributed by atoms with van der Waals surface area (Å²) in [6.45, 7) is 13.1. The highest BCUT2D eigenvalue weighted by Crippen LogP contribution is 2.12. The topological polar surface area (TPSA) is 52.6 Å². The van der Waals surface area contributed by atoms with E-state index in [4.69, 9.17) is 0 Å². The third kappa shape index (κ3) is 5.84. The molecule has 17 heavy (non-hydrogen) atoms. The summed E-state index contributed by atoms with van der Waals surface area (Å²) in [6, 6.07) is 0. The normalized spacial score (nSPS) is 14.6. The van der Waals surface area contributed by atoms with Gasteiger partial charge in [-0.25, -0.2) is 0 Å². The molecule has 0 saturated carbocycles. The molecule has 0 fully saturated rings. The summed E-state index contributed by atoms with van der Waals surface area (Å²) < 4.78 is 0. The first kappa shape index (κ1) is 16.1. The fourth-order valence-electron chi connectivity index (χ4n) is 1.69. The molecule has 0 aromatic heterocycles. The van der Waals surface area contributed by atoms with E-state index in [1.807, 2.05) is 0 Å². The molecule has 0 aliphatic carbocycles. The lowest BCUT2D eigenvalue weighted by Gasteiger charge is -2.27. The van der Waals surface area contributed by atoms with Gasteiger partial charge in [0.2, 0.25) is 0 Å². The van der Waals surface area contributed by atoms with E-state index < -0.39 is 11.5 Å². The van der Waals surface area contributed by atoms with Crippen molar-refractivity contribution < 1.29 is 9.90 Å². The van der Waals surface area contributed by atoms with Crippen LogP contribution in [0.2, 0.25) is 0 Å². The highest BCUT2D eigenvalue weighted by Gasteiger charge is 2.31. The Kier molecular flexibility index (Phi) is 7.83. The monoisotopic (exact) mass is 242 g/mol. The Bertz CT molecular complexity index is 240. The van der Waals surface area contributed by atoms with Gasteiger partial charge in [0.25, 0.3) is 0 Å². The minimum atomic E-state index is -0.846. The molecular weight excluding hydrogens is 216 g/mol. The molecule has 0 rings (SSSR count). The van der Waals surface area contributed by atoms with Crippen LogP contribution in [-0.4, -0.2) is 47.7 Å². The van der Waals surface area contributed by atoms with Crippen molar-refractivity contribution in [1.82, 2.24) is 10.2 Å². The number of allylic oxidation sites excluding steroid dienone is 1. The first-order chi connectivity index (χ1) is 8.00. The Hall–Kier alpha value is -0.870. The van der Waals surface area contributed by atoms with E-state index in [-0.39, 0.29) is 0 Å². The molecule has 2 N–H and O–H groups in total. The summed E-state index contributed by atoms with van der Waals surface area (Å²) in [5.74, 6) is -0.793. The smallest absolute Gasteiger partial charge is 0.323 e. The van der Waals surface area contributed by atoms with Gasteiger partial charge in [0, 0.05) is 13.1 Å². The highest BCUT2D eigenvalue weighted by atomic mass is 16.4. The molecular formula is C13H26N2O2. The zero-order chi connectivity index (χ0) is 13.3. The zero-order valence-corrected chi connectivity index (χ0v) is 11.3. The van der Waals surface area contributed by atoms with Gasteiger partial charge in [-0.15, -0.1) is 6.58 Å². The van der Waals surface area contributed by atoms with Gasteiger partial charge >= 0.3 is 5.97 Å². The quantitative estimate of drug-likeness (QED) is 0.573. The van der Waals surface area contributed by atoms with E-state index in [9.17, 15) is 9.90 Å². The summed E-state index contributed by atoms with van der Waals surface area (Å²) in [7, 11) is 0. The minimum Gasteiger partial charge on any atom is -0.480 e. The van der Waals surface area contributed by atoms with Crippen molar-refractivity contribution in [1.29, 1.82) is 0 Å². The molecule has 0 spiro atoms. The van der Waals surface area contributed by atoms with E-state index in [1.165, 1.54) is 0 Å². The maximum absolute atomic E-state index is 11.2. The lowest BCUT2D eigenvalue weighted by atomic mass is 9.96. The predicted molar refractivity (Wildman–Crippen MR) is 71.3 cm³/mol. The molecule has 1 atom stereocenters. The lowest BCUT2D eigenvalue weighted by Crippen LogP contribution is -2.51. The van der Waals surface area contributed by atoms with Crippen molar-refractivity contribution in [2.45, 2.75) is 39.2 Å². The van der Waals surface area contributed by atoms with Gasteiger partial charge < -0.3 is 15.3 Å². The molecule has 100 valence electrons. The Morgan fingerprint density at radius 3 is 2.47 bits per heavy atom. The van der Waals surface area contributed by atoms with Gasteiger partial charge in [0.05, 0.1) is 0 Å². The number of hydrogen-bond donors (Lipinski definition) is 2. The number of aliphatic carboxylic acids is 1. The Morgan fingerprint density at radius 1 is 1.47 bits per heavy atom. The maximum atomic E-state index is 11.2. The number of carbonyl (C=O) groups is 1. The number of carboxylic acids is 1. The highest BCUT2D eigenvalue weighted by molar-refractivity contribution is 5.78. The van der Waals surface area contributed by atoms with Crippen molar-refractivity contribution in [3.8, 4) is 0 Å². The summed E-state index contributed by atoms with van der Waals surface area (Å²) in [4.78, 5) is 13.5. The number of nitrogens with one attached hydrogen (secondary N) is 1. The molecule has 0 saturated heterocycles. The van der Waals surface area contributed by atoms with Crippen molar-refractivity contribution >= 4 is 5.97 Å². The standard InChI is InChI=1S/C13H26N2O2/c1-5-8-9-13(4,12(16)17)14-10-11-15(6-2)7-3/h5,14H,1,6-11H2,2-4H3,(H,16,17). The third-order valence-electron chi connectivity index (χ3n) is 3.16.